The van der Waals surface area contributed by atoms with Crippen molar-refractivity contribution in [2.75, 3.05) is 4.90 Å². The number of rotatable bonds is 3. The predicted octanol–water partition coefficient (Wildman–Crippen LogP) is 2.91. The maximum Gasteiger partial charge on any atom is 0.240 e. The van der Waals surface area contributed by atoms with E-state index in [4.69, 9.17) is 27.9 Å². The number of hydrogen-bond acceptors (Lipinski definition) is 4. The van der Waals surface area contributed by atoms with Crippen LogP contribution < -0.4 is 4.90 Å². The summed E-state index contributed by atoms with van der Waals surface area (Å²) in [6, 6.07) is 5.27. The number of ether oxygens (including phenoxy) is 1. The van der Waals surface area contributed by atoms with Crippen LogP contribution in [0, 0.1) is 11.8 Å². The number of aromatic nitrogens is 2. The molecule has 3 saturated heterocycles. The summed E-state index contributed by atoms with van der Waals surface area (Å²) < 4.78 is 7.41. The number of imide groups is 1. The van der Waals surface area contributed by atoms with Crippen LogP contribution >= 0.6 is 23.2 Å². The Kier molecular flexibility index (Phi) is 3.64. The van der Waals surface area contributed by atoms with E-state index in [1.165, 1.54) is 4.90 Å². The van der Waals surface area contributed by atoms with Gasteiger partial charge in [0.15, 0.2) is 0 Å². The molecule has 2 amide bonds. The molecule has 4 atom stereocenters. The first-order valence-corrected chi connectivity index (χ1v) is 9.28. The van der Waals surface area contributed by atoms with Gasteiger partial charge in [0.2, 0.25) is 11.8 Å². The molecule has 0 saturated carbocycles. The van der Waals surface area contributed by atoms with Crippen LogP contribution in [-0.2, 0) is 20.9 Å². The van der Waals surface area contributed by atoms with Crippen molar-refractivity contribution in [2.24, 2.45) is 11.8 Å². The molecule has 0 aliphatic carbocycles. The molecule has 1 aromatic heterocycles. The van der Waals surface area contributed by atoms with Crippen molar-refractivity contribution in [1.29, 1.82) is 0 Å². The molecule has 2 bridgehead atoms. The number of hydrogen-bond donors (Lipinski definition) is 0. The van der Waals surface area contributed by atoms with Gasteiger partial charge in [0.05, 0.1) is 42.5 Å². The Balaban J connectivity index is 1.40. The van der Waals surface area contributed by atoms with Gasteiger partial charge in [-0.2, -0.15) is 5.10 Å². The van der Waals surface area contributed by atoms with E-state index in [-0.39, 0.29) is 35.9 Å². The number of nitrogens with zero attached hydrogens (tertiary/aromatic N) is 3. The van der Waals surface area contributed by atoms with Gasteiger partial charge in [0.1, 0.15) is 0 Å². The fraction of sp³-hybridized carbons (Fsp3) is 0.389. The smallest absolute Gasteiger partial charge is 0.240 e. The largest absolute Gasteiger partial charge is 0.373 e. The first kappa shape index (κ1) is 16.3. The molecule has 5 rings (SSSR count). The van der Waals surface area contributed by atoms with Crippen molar-refractivity contribution in [3.63, 3.8) is 0 Å². The fourth-order valence-corrected chi connectivity index (χ4v) is 4.81. The molecule has 134 valence electrons. The summed E-state index contributed by atoms with van der Waals surface area (Å²) in [7, 11) is 0. The van der Waals surface area contributed by atoms with Crippen LogP contribution in [0.25, 0.3) is 0 Å². The molecule has 3 fully saturated rings. The first-order chi connectivity index (χ1) is 12.5. The second-order valence-electron chi connectivity index (χ2n) is 6.99. The van der Waals surface area contributed by atoms with E-state index < -0.39 is 0 Å². The Labute approximate surface area is 159 Å². The molecule has 1 aromatic carbocycles. The molecule has 2 aromatic rings. The summed E-state index contributed by atoms with van der Waals surface area (Å²) in [5.74, 6) is -1.02. The monoisotopic (exact) mass is 391 g/mol. The van der Waals surface area contributed by atoms with Gasteiger partial charge in [-0.25, -0.2) is 4.90 Å². The van der Waals surface area contributed by atoms with Gasteiger partial charge in [0.25, 0.3) is 0 Å². The van der Waals surface area contributed by atoms with Crippen LogP contribution in [0.5, 0.6) is 0 Å². The first-order valence-electron chi connectivity index (χ1n) is 8.52. The lowest BCUT2D eigenvalue weighted by atomic mass is 9.81. The number of carbonyl (C=O) groups is 2. The second kappa shape index (κ2) is 5.81. The minimum Gasteiger partial charge on any atom is -0.373 e. The van der Waals surface area contributed by atoms with Crippen molar-refractivity contribution in [1.82, 2.24) is 9.78 Å². The number of anilines is 1. The van der Waals surface area contributed by atoms with Gasteiger partial charge in [-0.3, -0.25) is 14.3 Å². The molecule has 3 aliphatic heterocycles. The Bertz CT molecular complexity index is 900. The van der Waals surface area contributed by atoms with E-state index in [9.17, 15) is 9.59 Å². The molecule has 6 nitrogen and oxygen atoms in total. The topological polar surface area (TPSA) is 64.4 Å². The highest BCUT2D eigenvalue weighted by Crippen LogP contribution is 2.49. The van der Waals surface area contributed by atoms with E-state index in [1.54, 1.807) is 29.2 Å². The van der Waals surface area contributed by atoms with E-state index in [1.807, 2.05) is 6.07 Å². The Morgan fingerprint density at radius 3 is 2.46 bits per heavy atom. The van der Waals surface area contributed by atoms with Gasteiger partial charge in [-0.05, 0) is 30.5 Å². The zero-order valence-corrected chi connectivity index (χ0v) is 15.2. The quantitative estimate of drug-likeness (QED) is 0.754. The third kappa shape index (κ3) is 2.32. The second-order valence-corrected chi connectivity index (χ2v) is 7.83. The minimum atomic E-state index is -0.338. The molecular weight excluding hydrogens is 377 g/mol. The maximum atomic E-state index is 12.8. The highest BCUT2D eigenvalue weighted by atomic mass is 35.5. The summed E-state index contributed by atoms with van der Waals surface area (Å²) in [6.45, 7) is 0.424. The average molecular weight is 392 g/mol. The Morgan fingerprint density at radius 2 is 1.81 bits per heavy atom. The van der Waals surface area contributed by atoms with Crippen LogP contribution in [0.2, 0.25) is 10.0 Å². The van der Waals surface area contributed by atoms with Crippen molar-refractivity contribution >= 4 is 40.7 Å². The van der Waals surface area contributed by atoms with Crippen molar-refractivity contribution < 1.29 is 14.3 Å². The number of fused-ring (bicyclic) bond motifs is 5. The zero-order valence-electron chi connectivity index (χ0n) is 13.6. The lowest BCUT2D eigenvalue weighted by Crippen LogP contribution is -2.34. The van der Waals surface area contributed by atoms with Gasteiger partial charge < -0.3 is 4.74 Å². The van der Waals surface area contributed by atoms with Gasteiger partial charge >= 0.3 is 0 Å². The molecule has 4 heterocycles. The van der Waals surface area contributed by atoms with Crippen molar-refractivity contribution in [3.05, 3.63) is 46.2 Å². The summed E-state index contributed by atoms with van der Waals surface area (Å²) in [5, 5.41) is 5.40. The van der Waals surface area contributed by atoms with Crippen molar-refractivity contribution in [2.45, 2.75) is 31.6 Å². The lowest BCUT2D eigenvalue weighted by molar-refractivity contribution is -0.124. The third-order valence-corrected chi connectivity index (χ3v) is 6.10. The summed E-state index contributed by atoms with van der Waals surface area (Å²) >= 11 is 12.1. The molecule has 0 unspecified atom stereocenters. The fourth-order valence-electron chi connectivity index (χ4n) is 4.35. The highest BCUT2D eigenvalue weighted by molar-refractivity contribution is 6.35. The Morgan fingerprint density at radius 1 is 1.12 bits per heavy atom. The van der Waals surface area contributed by atoms with Gasteiger partial charge in [0, 0.05) is 16.2 Å². The molecule has 8 heteroatoms. The molecule has 0 N–H and O–H groups in total. The van der Waals surface area contributed by atoms with Gasteiger partial charge in [-0.15, -0.1) is 0 Å². The molecular formula is C18H15Cl2N3O3. The van der Waals surface area contributed by atoms with Crippen LogP contribution in [-0.4, -0.2) is 33.8 Å². The van der Waals surface area contributed by atoms with Crippen LogP contribution in [0.15, 0.2) is 30.6 Å². The molecule has 26 heavy (non-hydrogen) atoms. The third-order valence-electron chi connectivity index (χ3n) is 5.51. The van der Waals surface area contributed by atoms with E-state index >= 15 is 0 Å². The van der Waals surface area contributed by atoms with Crippen molar-refractivity contribution in [3.8, 4) is 0 Å². The summed E-state index contributed by atoms with van der Waals surface area (Å²) in [5.41, 5.74) is 1.35. The highest BCUT2D eigenvalue weighted by Gasteiger charge is 2.62. The lowest BCUT2D eigenvalue weighted by Gasteiger charge is -2.15. The SMILES string of the molecule is O=C1[C@H]2[C@H](C(=O)N1c1cnn(Cc3ccc(Cl)cc3Cl)c1)[C@H]1CC[C@H]2O1. The van der Waals surface area contributed by atoms with E-state index in [2.05, 4.69) is 5.10 Å². The zero-order chi connectivity index (χ0) is 18.0. The average Bonchev–Trinajstić information content (AvgIpc) is 3.35. The maximum absolute atomic E-state index is 12.8. The van der Waals surface area contributed by atoms with Crippen LogP contribution in [0.3, 0.4) is 0 Å². The molecule has 0 spiro atoms. The van der Waals surface area contributed by atoms with Crippen LogP contribution in [0.1, 0.15) is 18.4 Å². The number of amides is 2. The number of carbonyl (C=O) groups excluding carboxylic acids is 2. The Hall–Kier alpha value is -1.89. The summed E-state index contributed by atoms with van der Waals surface area (Å²) in [4.78, 5) is 26.9. The van der Waals surface area contributed by atoms with E-state index in [0.29, 0.717) is 22.3 Å². The predicted molar refractivity (Wildman–Crippen MR) is 95.2 cm³/mol. The number of benzene rings is 1. The normalized spacial score (nSPS) is 29.7. The molecule has 0 radical (unpaired) electrons. The number of halogens is 2. The summed E-state index contributed by atoms with van der Waals surface area (Å²) in [6.07, 6.45) is 4.72. The molecule has 3 aliphatic rings. The van der Waals surface area contributed by atoms with E-state index in [0.717, 1.165) is 18.4 Å². The van der Waals surface area contributed by atoms with Crippen LogP contribution in [0.4, 0.5) is 5.69 Å². The van der Waals surface area contributed by atoms with Gasteiger partial charge in [-0.1, -0.05) is 29.3 Å². The minimum absolute atomic E-state index is 0.116. The standard InChI is InChI=1S/C18H15Cl2N3O3/c19-10-2-1-9(12(20)5-10)7-22-8-11(6-21-22)23-17(24)15-13-3-4-14(26-13)16(15)18(23)25/h1-2,5-6,8,13-16H,3-4,7H2/t13-,14-,15-,16-/m1/s1.